The van der Waals surface area contributed by atoms with Crippen LogP contribution in [0.5, 0.6) is 5.75 Å². The van der Waals surface area contributed by atoms with Crippen LogP contribution in [0.25, 0.3) is 26.5 Å². The van der Waals surface area contributed by atoms with E-state index in [1.807, 2.05) is 65.5 Å². The van der Waals surface area contributed by atoms with Crippen molar-refractivity contribution in [3.05, 3.63) is 67.0 Å². The first-order valence-corrected chi connectivity index (χ1v) is 7.45. The molecule has 0 spiro atoms. The summed E-state index contributed by atoms with van der Waals surface area (Å²) >= 11 is 1.59. The van der Waals surface area contributed by atoms with Crippen molar-refractivity contribution in [1.82, 2.24) is 9.55 Å². The fourth-order valence-electron chi connectivity index (χ4n) is 2.36. The van der Waals surface area contributed by atoms with E-state index >= 15 is 0 Å². The Morgan fingerprint density at radius 3 is 2.52 bits per heavy atom. The van der Waals surface area contributed by atoms with Gasteiger partial charge < -0.3 is 9.67 Å². The van der Waals surface area contributed by atoms with Crippen molar-refractivity contribution < 1.29 is 5.11 Å². The van der Waals surface area contributed by atoms with E-state index in [0.717, 1.165) is 26.5 Å². The second kappa shape index (κ2) is 4.75. The van der Waals surface area contributed by atoms with Crippen molar-refractivity contribution in [3.63, 3.8) is 0 Å². The SMILES string of the molecule is Oc1cc(-n2cccc2)ccc1-c1nc2ccccc2s1. The van der Waals surface area contributed by atoms with Crippen LogP contribution in [0.2, 0.25) is 0 Å². The predicted octanol–water partition coefficient (Wildman–Crippen LogP) is 4.46. The number of aromatic hydroxyl groups is 1. The molecule has 0 amide bonds. The van der Waals surface area contributed by atoms with Crippen LogP contribution in [0.15, 0.2) is 67.0 Å². The summed E-state index contributed by atoms with van der Waals surface area (Å²) in [7, 11) is 0. The van der Waals surface area contributed by atoms with Gasteiger partial charge in [0.1, 0.15) is 10.8 Å². The third-order valence-corrected chi connectivity index (χ3v) is 4.48. The molecule has 0 saturated heterocycles. The summed E-state index contributed by atoms with van der Waals surface area (Å²) in [5, 5.41) is 11.2. The molecule has 1 N–H and O–H groups in total. The standard InChI is InChI=1S/C17H12N2OS/c20-15-11-12(19-9-3-4-10-19)7-8-13(15)17-18-14-5-1-2-6-16(14)21-17/h1-11,20H. The van der Waals surface area contributed by atoms with Crippen molar-refractivity contribution in [2.75, 3.05) is 0 Å². The molecule has 4 heteroatoms. The Kier molecular flexibility index (Phi) is 2.75. The van der Waals surface area contributed by atoms with Crippen molar-refractivity contribution in [2.24, 2.45) is 0 Å². The van der Waals surface area contributed by atoms with Crippen LogP contribution in [0.3, 0.4) is 0 Å². The molecule has 0 aliphatic carbocycles. The molecule has 3 nitrogen and oxygen atoms in total. The van der Waals surface area contributed by atoms with Gasteiger partial charge in [0, 0.05) is 24.1 Å². The van der Waals surface area contributed by atoms with Gasteiger partial charge in [-0.05, 0) is 36.4 Å². The van der Waals surface area contributed by atoms with Gasteiger partial charge in [0.05, 0.1) is 15.8 Å². The summed E-state index contributed by atoms with van der Waals surface area (Å²) in [5.41, 5.74) is 2.67. The number of benzene rings is 2. The Morgan fingerprint density at radius 1 is 0.952 bits per heavy atom. The Balaban J connectivity index is 1.81. The van der Waals surface area contributed by atoms with Crippen LogP contribution >= 0.6 is 11.3 Å². The van der Waals surface area contributed by atoms with E-state index < -0.39 is 0 Å². The summed E-state index contributed by atoms with van der Waals surface area (Å²) < 4.78 is 3.09. The number of nitrogens with zero attached hydrogens (tertiary/aromatic N) is 2. The highest BCUT2D eigenvalue weighted by molar-refractivity contribution is 7.21. The summed E-state index contributed by atoms with van der Waals surface area (Å²) in [5.74, 6) is 0.250. The van der Waals surface area contributed by atoms with Gasteiger partial charge >= 0.3 is 0 Å². The highest BCUT2D eigenvalue weighted by Gasteiger charge is 2.11. The number of fused-ring (bicyclic) bond motifs is 1. The van der Waals surface area contributed by atoms with Gasteiger partial charge in [-0.3, -0.25) is 0 Å². The van der Waals surface area contributed by atoms with Crippen molar-refractivity contribution in [1.29, 1.82) is 0 Å². The Bertz CT molecular complexity index is 877. The average Bonchev–Trinajstić information content (AvgIpc) is 3.16. The molecule has 0 bridgehead atoms. The monoisotopic (exact) mass is 292 g/mol. The summed E-state index contributed by atoms with van der Waals surface area (Å²) in [6.07, 6.45) is 3.90. The molecule has 0 saturated carbocycles. The molecule has 2 heterocycles. The molecule has 4 aromatic rings. The molecule has 4 rings (SSSR count). The van der Waals surface area contributed by atoms with Crippen LogP contribution in [0, 0.1) is 0 Å². The predicted molar refractivity (Wildman–Crippen MR) is 86.0 cm³/mol. The third kappa shape index (κ3) is 2.10. The minimum Gasteiger partial charge on any atom is -0.507 e. The largest absolute Gasteiger partial charge is 0.507 e. The van der Waals surface area contributed by atoms with Crippen LogP contribution < -0.4 is 0 Å². The van der Waals surface area contributed by atoms with E-state index in [4.69, 9.17) is 0 Å². The molecule has 0 unspecified atom stereocenters. The molecule has 2 aromatic carbocycles. The normalized spacial score (nSPS) is 11.0. The van der Waals surface area contributed by atoms with E-state index in [1.54, 1.807) is 17.4 Å². The number of phenolic OH excluding ortho intramolecular Hbond substituents is 1. The number of aromatic nitrogens is 2. The van der Waals surface area contributed by atoms with E-state index in [0.29, 0.717) is 0 Å². The average molecular weight is 292 g/mol. The van der Waals surface area contributed by atoms with Gasteiger partial charge in [-0.2, -0.15) is 0 Å². The van der Waals surface area contributed by atoms with Crippen LogP contribution in [-0.2, 0) is 0 Å². The van der Waals surface area contributed by atoms with Gasteiger partial charge in [-0.15, -0.1) is 11.3 Å². The number of hydrogen-bond donors (Lipinski definition) is 1. The molecule has 21 heavy (non-hydrogen) atoms. The van der Waals surface area contributed by atoms with Gasteiger partial charge in [0.2, 0.25) is 0 Å². The molecule has 0 fully saturated rings. The minimum absolute atomic E-state index is 0.250. The molecule has 2 aromatic heterocycles. The van der Waals surface area contributed by atoms with E-state index in [2.05, 4.69) is 4.98 Å². The fourth-order valence-corrected chi connectivity index (χ4v) is 3.36. The maximum Gasteiger partial charge on any atom is 0.128 e. The third-order valence-electron chi connectivity index (χ3n) is 3.41. The molecular weight excluding hydrogens is 280 g/mol. The van der Waals surface area contributed by atoms with Gasteiger partial charge in [0.15, 0.2) is 0 Å². The lowest BCUT2D eigenvalue weighted by Crippen LogP contribution is -1.89. The number of phenols is 1. The maximum absolute atomic E-state index is 10.3. The Morgan fingerprint density at radius 2 is 1.76 bits per heavy atom. The summed E-state index contributed by atoms with van der Waals surface area (Å²) in [6.45, 7) is 0. The summed E-state index contributed by atoms with van der Waals surface area (Å²) in [4.78, 5) is 4.59. The van der Waals surface area contributed by atoms with Gasteiger partial charge in [-0.1, -0.05) is 12.1 Å². The lowest BCUT2D eigenvalue weighted by molar-refractivity contribution is 0.477. The maximum atomic E-state index is 10.3. The minimum atomic E-state index is 0.250. The Labute approximate surface area is 125 Å². The van der Waals surface area contributed by atoms with Gasteiger partial charge in [0.25, 0.3) is 0 Å². The van der Waals surface area contributed by atoms with Crippen molar-refractivity contribution >= 4 is 21.6 Å². The number of para-hydroxylation sites is 1. The first-order valence-electron chi connectivity index (χ1n) is 6.63. The number of rotatable bonds is 2. The first-order chi connectivity index (χ1) is 10.3. The number of hydrogen-bond acceptors (Lipinski definition) is 3. The second-order valence-corrected chi connectivity index (χ2v) is 5.81. The first kappa shape index (κ1) is 12.2. The van der Waals surface area contributed by atoms with Gasteiger partial charge in [-0.25, -0.2) is 4.98 Å². The van der Waals surface area contributed by atoms with Crippen molar-refractivity contribution in [2.45, 2.75) is 0 Å². The zero-order valence-corrected chi connectivity index (χ0v) is 11.9. The van der Waals surface area contributed by atoms with E-state index in [1.165, 1.54) is 0 Å². The molecular formula is C17H12N2OS. The molecule has 0 atom stereocenters. The van der Waals surface area contributed by atoms with Crippen LogP contribution in [0.4, 0.5) is 0 Å². The highest BCUT2D eigenvalue weighted by atomic mass is 32.1. The second-order valence-electron chi connectivity index (χ2n) is 4.78. The fraction of sp³-hybridized carbons (Fsp3) is 0. The zero-order chi connectivity index (χ0) is 14.2. The van der Waals surface area contributed by atoms with E-state index in [9.17, 15) is 5.11 Å². The van der Waals surface area contributed by atoms with Crippen LogP contribution in [0.1, 0.15) is 0 Å². The quantitative estimate of drug-likeness (QED) is 0.592. The highest BCUT2D eigenvalue weighted by Crippen LogP contribution is 2.36. The molecule has 0 aliphatic heterocycles. The smallest absolute Gasteiger partial charge is 0.128 e. The van der Waals surface area contributed by atoms with Crippen LogP contribution in [-0.4, -0.2) is 14.7 Å². The summed E-state index contributed by atoms with van der Waals surface area (Å²) in [6, 6.07) is 17.6. The van der Waals surface area contributed by atoms with Crippen molar-refractivity contribution in [3.8, 4) is 22.0 Å². The Hall–Kier alpha value is -2.59. The lowest BCUT2D eigenvalue weighted by Gasteiger charge is -2.06. The van der Waals surface area contributed by atoms with E-state index in [-0.39, 0.29) is 5.75 Å². The molecule has 102 valence electrons. The topological polar surface area (TPSA) is 38.0 Å². The number of thiazole rings is 1. The lowest BCUT2D eigenvalue weighted by atomic mass is 10.2. The molecule has 0 radical (unpaired) electrons. The molecule has 0 aliphatic rings. The zero-order valence-electron chi connectivity index (χ0n) is 11.1.